The van der Waals surface area contributed by atoms with E-state index in [2.05, 4.69) is 4.98 Å². The number of nitro groups is 1. The number of pyridine rings is 1. The van der Waals surface area contributed by atoms with E-state index >= 15 is 0 Å². The number of aryl methyl sites for hydroxylation is 1. The zero-order valence-corrected chi connectivity index (χ0v) is 11.5. The van der Waals surface area contributed by atoms with Crippen LogP contribution in [0.2, 0.25) is 5.02 Å². The molecule has 1 N–H and O–H groups in total. The highest BCUT2D eigenvalue weighted by Gasteiger charge is 2.14. The molecule has 8 heteroatoms. The summed E-state index contributed by atoms with van der Waals surface area (Å²) in [7, 11) is 0. The van der Waals surface area contributed by atoms with Crippen molar-refractivity contribution in [3.63, 3.8) is 0 Å². The molecule has 108 valence electrons. The van der Waals surface area contributed by atoms with Gasteiger partial charge in [0, 0.05) is 12.1 Å². The first-order chi connectivity index (χ1) is 9.88. The maximum Gasteiger partial charge on any atom is 0.335 e. The van der Waals surface area contributed by atoms with Crippen LogP contribution in [0.5, 0.6) is 11.6 Å². The summed E-state index contributed by atoms with van der Waals surface area (Å²) < 4.78 is 5.40. The van der Waals surface area contributed by atoms with E-state index in [-0.39, 0.29) is 33.6 Å². The molecular formula is C13H9ClN2O5. The predicted molar refractivity (Wildman–Crippen MR) is 74.1 cm³/mol. The molecule has 1 aromatic carbocycles. The van der Waals surface area contributed by atoms with Crippen molar-refractivity contribution in [3.8, 4) is 11.6 Å². The van der Waals surface area contributed by atoms with Gasteiger partial charge in [-0.25, -0.2) is 9.78 Å². The van der Waals surface area contributed by atoms with Crippen molar-refractivity contribution in [1.29, 1.82) is 0 Å². The molecule has 0 aliphatic carbocycles. The molecule has 0 saturated heterocycles. The molecule has 1 aromatic heterocycles. The summed E-state index contributed by atoms with van der Waals surface area (Å²) >= 11 is 5.92. The fourth-order valence-corrected chi connectivity index (χ4v) is 1.83. The molecule has 2 rings (SSSR count). The van der Waals surface area contributed by atoms with Crippen molar-refractivity contribution in [3.05, 3.63) is 56.7 Å². The number of carboxylic acid groups (broad SMARTS) is 1. The quantitative estimate of drug-likeness (QED) is 0.685. The number of hydrogen-bond donors (Lipinski definition) is 1. The van der Waals surface area contributed by atoms with E-state index in [1.165, 1.54) is 37.3 Å². The van der Waals surface area contributed by atoms with Gasteiger partial charge in [0.05, 0.1) is 15.5 Å². The number of carbonyl (C=O) groups is 1. The fraction of sp³-hybridized carbons (Fsp3) is 0.0769. The summed E-state index contributed by atoms with van der Waals surface area (Å²) in [5.41, 5.74) is 0.116. The minimum absolute atomic E-state index is 0.0280. The maximum atomic E-state index is 10.8. The van der Waals surface area contributed by atoms with E-state index < -0.39 is 10.9 Å². The number of aromatic carboxylic acids is 1. The van der Waals surface area contributed by atoms with Gasteiger partial charge in [0.2, 0.25) is 5.88 Å². The predicted octanol–water partition coefficient (Wildman–Crippen LogP) is 3.44. The summed E-state index contributed by atoms with van der Waals surface area (Å²) in [5, 5.41) is 19.6. The summed E-state index contributed by atoms with van der Waals surface area (Å²) in [4.78, 5) is 24.9. The zero-order valence-electron chi connectivity index (χ0n) is 10.7. The van der Waals surface area contributed by atoms with Crippen LogP contribution in [0.1, 0.15) is 16.1 Å². The Kier molecular flexibility index (Phi) is 4.04. The molecule has 0 radical (unpaired) electrons. The zero-order chi connectivity index (χ0) is 15.6. The van der Waals surface area contributed by atoms with Gasteiger partial charge < -0.3 is 9.84 Å². The van der Waals surface area contributed by atoms with Gasteiger partial charge in [0.1, 0.15) is 11.4 Å². The average Bonchev–Trinajstić information content (AvgIpc) is 2.40. The Morgan fingerprint density at radius 2 is 2.10 bits per heavy atom. The van der Waals surface area contributed by atoms with Gasteiger partial charge in [-0.15, -0.1) is 0 Å². The normalized spacial score (nSPS) is 10.2. The van der Waals surface area contributed by atoms with Crippen molar-refractivity contribution in [2.75, 3.05) is 0 Å². The number of nitrogens with zero attached hydrogens (tertiary/aromatic N) is 2. The standard InChI is InChI=1S/C13H9ClN2O5/c1-7-10(16(19)20)3-5-12(15-7)21-11-4-2-8(13(17)18)6-9(11)14/h2-6H,1H3,(H,17,18). The summed E-state index contributed by atoms with van der Waals surface area (Å²) in [6.07, 6.45) is 0. The Labute approximate surface area is 123 Å². The number of carboxylic acids is 1. The van der Waals surface area contributed by atoms with E-state index in [1.807, 2.05) is 0 Å². The minimum Gasteiger partial charge on any atom is -0.478 e. The molecule has 0 aliphatic rings. The third-order valence-electron chi connectivity index (χ3n) is 2.62. The second-order valence-corrected chi connectivity index (χ2v) is 4.47. The van der Waals surface area contributed by atoms with Gasteiger partial charge in [0.25, 0.3) is 5.69 Å². The third kappa shape index (κ3) is 3.26. The van der Waals surface area contributed by atoms with E-state index in [1.54, 1.807) is 0 Å². The number of benzene rings is 1. The van der Waals surface area contributed by atoms with Crippen LogP contribution in [0.3, 0.4) is 0 Å². The number of hydrogen-bond acceptors (Lipinski definition) is 5. The highest BCUT2D eigenvalue weighted by molar-refractivity contribution is 6.32. The molecule has 0 spiro atoms. The molecule has 0 fully saturated rings. The number of ether oxygens (including phenoxy) is 1. The van der Waals surface area contributed by atoms with Gasteiger partial charge in [-0.05, 0) is 25.1 Å². The van der Waals surface area contributed by atoms with Gasteiger partial charge >= 0.3 is 5.97 Å². The molecule has 0 atom stereocenters. The van der Waals surface area contributed by atoms with Crippen LogP contribution >= 0.6 is 11.6 Å². The van der Waals surface area contributed by atoms with E-state index in [4.69, 9.17) is 21.4 Å². The van der Waals surface area contributed by atoms with Crippen LogP contribution in [0.15, 0.2) is 30.3 Å². The Morgan fingerprint density at radius 1 is 1.38 bits per heavy atom. The third-order valence-corrected chi connectivity index (χ3v) is 2.92. The van der Waals surface area contributed by atoms with Crippen molar-refractivity contribution in [2.45, 2.75) is 6.92 Å². The first-order valence-electron chi connectivity index (χ1n) is 5.71. The molecular weight excluding hydrogens is 300 g/mol. The lowest BCUT2D eigenvalue weighted by Gasteiger charge is -2.08. The second kappa shape index (κ2) is 5.76. The largest absolute Gasteiger partial charge is 0.478 e. The SMILES string of the molecule is Cc1nc(Oc2ccc(C(=O)O)cc2Cl)ccc1[N+](=O)[O-]. The van der Waals surface area contributed by atoms with Crippen LogP contribution in [-0.2, 0) is 0 Å². The highest BCUT2D eigenvalue weighted by Crippen LogP contribution is 2.30. The van der Waals surface area contributed by atoms with Gasteiger partial charge in [-0.3, -0.25) is 10.1 Å². The van der Waals surface area contributed by atoms with Crippen LogP contribution in [0.25, 0.3) is 0 Å². The average molecular weight is 309 g/mol. The molecule has 0 aliphatic heterocycles. The van der Waals surface area contributed by atoms with Crippen molar-refractivity contribution in [2.24, 2.45) is 0 Å². The highest BCUT2D eigenvalue weighted by atomic mass is 35.5. The van der Waals surface area contributed by atoms with Crippen molar-refractivity contribution >= 4 is 23.3 Å². The van der Waals surface area contributed by atoms with E-state index in [0.717, 1.165) is 0 Å². The molecule has 0 bridgehead atoms. The fourth-order valence-electron chi connectivity index (χ4n) is 1.61. The van der Waals surface area contributed by atoms with E-state index in [9.17, 15) is 14.9 Å². The molecule has 0 unspecified atom stereocenters. The number of aromatic nitrogens is 1. The topological polar surface area (TPSA) is 103 Å². The minimum atomic E-state index is -1.10. The van der Waals surface area contributed by atoms with E-state index in [0.29, 0.717) is 0 Å². The van der Waals surface area contributed by atoms with Crippen LogP contribution < -0.4 is 4.74 Å². The summed E-state index contributed by atoms with van der Waals surface area (Å²) in [6, 6.07) is 6.59. The van der Waals surface area contributed by atoms with Gasteiger partial charge in [-0.1, -0.05) is 11.6 Å². The number of rotatable bonds is 4. The molecule has 1 heterocycles. The van der Waals surface area contributed by atoms with Gasteiger partial charge in [0.15, 0.2) is 0 Å². The molecule has 2 aromatic rings. The first-order valence-corrected chi connectivity index (χ1v) is 6.09. The Hall–Kier alpha value is -2.67. The molecule has 0 amide bonds. The molecule has 21 heavy (non-hydrogen) atoms. The monoisotopic (exact) mass is 308 g/mol. The lowest BCUT2D eigenvalue weighted by molar-refractivity contribution is -0.385. The smallest absolute Gasteiger partial charge is 0.335 e. The van der Waals surface area contributed by atoms with Crippen molar-refractivity contribution < 1.29 is 19.6 Å². The molecule has 7 nitrogen and oxygen atoms in total. The van der Waals surface area contributed by atoms with Crippen LogP contribution in [0, 0.1) is 17.0 Å². The maximum absolute atomic E-state index is 10.8. The Morgan fingerprint density at radius 3 is 2.62 bits per heavy atom. The Balaban J connectivity index is 2.28. The number of halogens is 1. The van der Waals surface area contributed by atoms with Crippen molar-refractivity contribution in [1.82, 2.24) is 4.98 Å². The second-order valence-electron chi connectivity index (χ2n) is 4.06. The summed E-state index contributed by atoms with van der Waals surface area (Å²) in [5.74, 6) is -0.766. The lowest BCUT2D eigenvalue weighted by Crippen LogP contribution is -1.98. The Bertz CT molecular complexity index is 732. The molecule has 0 saturated carbocycles. The van der Waals surface area contributed by atoms with Crippen LogP contribution in [-0.4, -0.2) is 21.0 Å². The van der Waals surface area contributed by atoms with Gasteiger partial charge in [-0.2, -0.15) is 0 Å². The first kappa shape index (κ1) is 14.7. The lowest BCUT2D eigenvalue weighted by atomic mass is 10.2. The van der Waals surface area contributed by atoms with Crippen LogP contribution in [0.4, 0.5) is 5.69 Å². The summed E-state index contributed by atoms with van der Waals surface area (Å²) in [6.45, 7) is 1.49.